The lowest BCUT2D eigenvalue weighted by Gasteiger charge is -2.09. The Morgan fingerprint density at radius 1 is 1.23 bits per heavy atom. The van der Waals surface area contributed by atoms with E-state index in [9.17, 15) is 0 Å². The highest BCUT2D eigenvalue weighted by Crippen LogP contribution is 2.35. The second-order valence-electron chi connectivity index (χ2n) is 8.24. The maximum absolute atomic E-state index is 6.33. The van der Waals surface area contributed by atoms with Crippen molar-refractivity contribution in [1.29, 1.82) is 0 Å². The molecule has 1 aromatic carbocycles. The number of imidazole rings is 1. The fourth-order valence-electron chi connectivity index (χ4n) is 3.78. The van der Waals surface area contributed by atoms with Crippen LogP contribution in [0.4, 0.5) is 0 Å². The minimum absolute atomic E-state index is 0.141. The topological polar surface area (TPSA) is 96.7 Å². The molecule has 0 amide bonds. The van der Waals surface area contributed by atoms with Crippen molar-refractivity contribution in [2.45, 2.75) is 51.7 Å². The van der Waals surface area contributed by atoms with Gasteiger partial charge in [0.1, 0.15) is 17.7 Å². The Labute approximate surface area is 183 Å². The van der Waals surface area contributed by atoms with E-state index < -0.39 is 0 Å². The van der Waals surface area contributed by atoms with E-state index in [0.717, 1.165) is 41.3 Å². The maximum Gasteiger partial charge on any atom is 0.229 e. The Balaban J connectivity index is 1.51. The lowest BCUT2D eigenvalue weighted by atomic mass is 10.1. The average Bonchev–Trinajstić information content (AvgIpc) is 3.15. The molecule has 0 atom stereocenters. The van der Waals surface area contributed by atoms with Gasteiger partial charge in [0.2, 0.25) is 11.7 Å². The largest absolute Gasteiger partial charge is 0.372 e. The minimum Gasteiger partial charge on any atom is -0.372 e. The number of halogens is 1. The zero-order valence-electron chi connectivity index (χ0n) is 17.1. The standard InChI is InChI=1S/C21H20ClN7O2/c1-11(2)21-24-20(26-31-21)19-18-8-16-14(9-30-13-4-5-13)25-27-29(16)17-7-12(22)3-6-15(17)28(18)10-23-19/h3,6-7,10-11,13H,4-5,8-9H2,1-2H3. The van der Waals surface area contributed by atoms with Gasteiger partial charge >= 0.3 is 0 Å². The van der Waals surface area contributed by atoms with Crippen molar-refractivity contribution in [2.75, 3.05) is 0 Å². The van der Waals surface area contributed by atoms with E-state index in [1.807, 2.05) is 41.3 Å². The molecule has 6 rings (SSSR count). The molecule has 0 bridgehead atoms. The quantitative estimate of drug-likeness (QED) is 0.411. The number of hydrogen-bond donors (Lipinski definition) is 0. The van der Waals surface area contributed by atoms with Crippen LogP contribution in [0.1, 0.15) is 55.6 Å². The summed E-state index contributed by atoms with van der Waals surface area (Å²) >= 11 is 6.33. The van der Waals surface area contributed by atoms with Gasteiger partial charge in [0.05, 0.1) is 35.5 Å². The summed E-state index contributed by atoms with van der Waals surface area (Å²) in [5.74, 6) is 1.20. The summed E-state index contributed by atoms with van der Waals surface area (Å²) in [5, 5.41) is 13.7. The monoisotopic (exact) mass is 437 g/mol. The number of rotatable bonds is 5. The molecule has 2 aliphatic rings. The van der Waals surface area contributed by atoms with Crippen LogP contribution in [0.2, 0.25) is 5.02 Å². The first kappa shape index (κ1) is 18.7. The fourth-order valence-corrected chi connectivity index (χ4v) is 3.94. The van der Waals surface area contributed by atoms with Crippen LogP contribution in [-0.4, -0.2) is 40.8 Å². The molecule has 1 aliphatic heterocycles. The molecule has 1 aliphatic carbocycles. The van der Waals surface area contributed by atoms with Gasteiger partial charge in [0.25, 0.3) is 0 Å². The number of fused-ring (bicyclic) bond motifs is 5. The molecule has 0 radical (unpaired) electrons. The summed E-state index contributed by atoms with van der Waals surface area (Å²) in [5.41, 5.74) is 5.12. The van der Waals surface area contributed by atoms with Crippen molar-refractivity contribution in [3.05, 3.63) is 52.5 Å². The summed E-state index contributed by atoms with van der Waals surface area (Å²) in [6, 6.07) is 5.70. The van der Waals surface area contributed by atoms with E-state index in [2.05, 4.69) is 25.4 Å². The molecular weight excluding hydrogens is 418 g/mol. The minimum atomic E-state index is 0.141. The van der Waals surface area contributed by atoms with Gasteiger partial charge in [-0.3, -0.25) is 4.57 Å². The molecule has 0 spiro atoms. The summed E-state index contributed by atoms with van der Waals surface area (Å²) in [6.07, 6.45) is 4.87. The van der Waals surface area contributed by atoms with E-state index in [4.69, 9.17) is 20.9 Å². The molecule has 0 saturated heterocycles. The normalized spacial score (nSPS) is 15.0. The second-order valence-corrected chi connectivity index (χ2v) is 8.67. The predicted molar refractivity (Wildman–Crippen MR) is 111 cm³/mol. The molecule has 0 N–H and O–H groups in total. The molecule has 0 unspecified atom stereocenters. The third-order valence-electron chi connectivity index (χ3n) is 5.60. The third kappa shape index (κ3) is 3.16. The number of ether oxygens (including phenoxy) is 1. The van der Waals surface area contributed by atoms with E-state index in [-0.39, 0.29) is 5.92 Å². The van der Waals surface area contributed by atoms with Crippen LogP contribution < -0.4 is 0 Å². The number of benzene rings is 1. The highest BCUT2D eigenvalue weighted by atomic mass is 35.5. The highest BCUT2D eigenvalue weighted by Gasteiger charge is 2.30. The number of nitrogens with zero attached hydrogens (tertiary/aromatic N) is 7. The van der Waals surface area contributed by atoms with E-state index in [1.54, 1.807) is 6.33 Å². The molecule has 158 valence electrons. The first-order valence-electron chi connectivity index (χ1n) is 10.3. The van der Waals surface area contributed by atoms with Crippen molar-refractivity contribution in [2.24, 2.45) is 0 Å². The smallest absolute Gasteiger partial charge is 0.229 e. The number of aromatic nitrogens is 7. The SMILES string of the molecule is CC(C)c1nc(-c2ncn3c2Cc2c(COC4CC4)nnn2-c2cc(Cl)ccc2-3)no1. The molecule has 1 fully saturated rings. The first-order valence-corrected chi connectivity index (χ1v) is 10.7. The Morgan fingerprint density at radius 3 is 2.87 bits per heavy atom. The van der Waals surface area contributed by atoms with Crippen molar-refractivity contribution in [3.8, 4) is 22.9 Å². The van der Waals surface area contributed by atoms with E-state index in [1.165, 1.54) is 0 Å². The molecular formula is C21H20ClN7O2. The molecule has 10 heteroatoms. The van der Waals surface area contributed by atoms with Crippen molar-refractivity contribution >= 4 is 11.6 Å². The van der Waals surface area contributed by atoms with Crippen LogP contribution >= 0.6 is 11.6 Å². The third-order valence-corrected chi connectivity index (χ3v) is 5.83. The van der Waals surface area contributed by atoms with Crippen molar-refractivity contribution in [1.82, 2.24) is 34.7 Å². The fraction of sp³-hybridized carbons (Fsp3) is 0.381. The second kappa shape index (κ2) is 7.00. The van der Waals surface area contributed by atoms with Crippen LogP contribution in [0.5, 0.6) is 0 Å². The summed E-state index contributed by atoms with van der Waals surface area (Å²) in [4.78, 5) is 9.20. The van der Waals surface area contributed by atoms with Crippen LogP contribution in [0, 0.1) is 0 Å². The molecule has 1 saturated carbocycles. The van der Waals surface area contributed by atoms with E-state index in [0.29, 0.717) is 41.6 Å². The van der Waals surface area contributed by atoms with Gasteiger partial charge < -0.3 is 9.26 Å². The van der Waals surface area contributed by atoms with Gasteiger partial charge in [-0.15, -0.1) is 5.10 Å². The average molecular weight is 438 g/mol. The molecule has 9 nitrogen and oxygen atoms in total. The van der Waals surface area contributed by atoms with Crippen LogP contribution in [0.25, 0.3) is 22.9 Å². The Morgan fingerprint density at radius 2 is 2.10 bits per heavy atom. The zero-order valence-corrected chi connectivity index (χ0v) is 17.9. The maximum atomic E-state index is 6.33. The molecule has 4 heterocycles. The lowest BCUT2D eigenvalue weighted by molar-refractivity contribution is 0.103. The summed E-state index contributed by atoms with van der Waals surface area (Å²) in [7, 11) is 0. The van der Waals surface area contributed by atoms with Gasteiger partial charge in [0, 0.05) is 17.4 Å². The van der Waals surface area contributed by atoms with Crippen molar-refractivity contribution < 1.29 is 9.26 Å². The first-order chi connectivity index (χ1) is 15.1. The summed E-state index contributed by atoms with van der Waals surface area (Å²) in [6.45, 7) is 4.46. The van der Waals surface area contributed by atoms with Crippen LogP contribution in [0.15, 0.2) is 29.0 Å². The van der Waals surface area contributed by atoms with Gasteiger partial charge in [0.15, 0.2) is 0 Å². The van der Waals surface area contributed by atoms with Crippen LogP contribution in [-0.2, 0) is 17.8 Å². The zero-order chi connectivity index (χ0) is 21.1. The summed E-state index contributed by atoms with van der Waals surface area (Å²) < 4.78 is 15.2. The molecule has 31 heavy (non-hydrogen) atoms. The predicted octanol–water partition coefficient (Wildman–Crippen LogP) is 3.86. The van der Waals surface area contributed by atoms with Gasteiger partial charge in [-0.05, 0) is 31.0 Å². The lowest BCUT2D eigenvalue weighted by Crippen LogP contribution is -2.05. The molecule has 4 aromatic rings. The Bertz CT molecular complexity index is 1280. The molecule has 3 aromatic heterocycles. The Kier molecular flexibility index (Phi) is 4.22. The van der Waals surface area contributed by atoms with Crippen molar-refractivity contribution in [3.63, 3.8) is 0 Å². The van der Waals surface area contributed by atoms with Gasteiger partial charge in [-0.2, -0.15) is 4.98 Å². The van der Waals surface area contributed by atoms with Crippen LogP contribution in [0.3, 0.4) is 0 Å². The van der Waals surface area contributed by atoms with E-state index >= 15 is 0 Å². The Hall–Kier alpha value is -3.04. The van der Waals surface area contributed by atoms with Gasteiger partial charge in [-0.25, -0.2) is 9.67 Å². The number of hydrogen-bond acceptors (Lipinski definition) is 7. The highest BCUT2D eigenvalue weighted by molar-refractivity contribution is 6.30. The van der Waals surface area contributed by atoms with Gasteiger partial charge in [-0.1, -0.05) is 35.8 Å².